The average Bonchev–Trinajstić information content (AvgIpc) is 3.03. The lowest BCUT2D eigenvalue weighted by Gasteiger charge is -2.22. The Bertz CT molecular complexity index is 1100. The minimum atomic E-state index is -0.943. The van der Waals surface area contributed by atoms with Gasteiger partial charge in [-0.05, 0) is 54.7 Å². The van der Waals surface area contributed by atoms with E-state index in [2.05, 4.69) is 23.5 Å². The third-order valence-electron chi connectivity index (χ3n) is 5.53. The summed E-state index contributed by atoms with van der Waals surface area (Å²) in [6.07, 6.45) is 3.04. The van der Waals surface area contributed by atoms with Crippen molar-refractivity contribution in [2.75, 3.05) is 6.54 Å². The van der Waals surface area contributed by atoms with Crippen LogP contribution in [0.3, 0.4) is 0 Å². The number of aliphatic carboxylic acids is 1. The molecular formula is C22H24N4O3. The second-order valence-electron chi connectivity index (χ2n) is 7.51. The van der Waals surface area contributed by atoms with Gasteiger partial charge in [-0.1, -0.05) is 12.1 Å². The molecule has 0 spiro atoms. The molecule has 7 heteroatoms. The van der Waals surface area contributed by atoms with E-state index in [1.165, 1.54) is 11.1 Å². The molecule has 1 heterocycles. The van der Waals surface area contributed by atoms with E-state index < -0.39 is 5.97 Å². The van der Waals surface area contributed by atoms with E-state index in [1.54, 1.807) is 12.1 Å². The number of rotatable bonds is 5. The summed E-state index contributed by atoms with van der Waals surface area (Å²) in [5, 5.41) is 11.3. The molecule has 0 aliphatic heterocycles. The summed E-state index contributed by atoms with van der Waals surface area (Å²) >= 11 is 0. The van der Waals surface area contributed by atoms with Gasteiger partial charge in [0.15, 0.2) is 0 Å². The normalized spacial score (nSPS) is 15.9. The Morgan fingerprint density at radius 1 is 1.28 bits per heavy atom. The average molecular weight is 392 g/mol. The number of aryl methyl sites for hydroxylation is 2. The Labute approximate surface area is 168 Å². The first-order valence-corrected chi connectivity index (χ1v) is 9.79. The van der Waals surface area contributed by atoms with Crippen molar-refractivity contribution in [2.45, 2.75) is 31.7 Å². The summed E-state index contributed by atoms with van der Waals surface area (Å²) in [6.45, 7) is 0.0942. The quantitative estimate of drug-likeness (QED) is 0.618. The first-order valence-electron chi connectivity index (χ1n) is 9.79. The van der Waals surface area contributed by atoms with Gasteiger partial charge in [0, 0.05) is 30.8 Å². The van der Waals surface area contributed by atoms with Gasteiger partial charge >= 0.3 is 5.97 Å². The zero-order valence-corrected chi connectivity index (χ0v) is 16.3. The molecule has 0 bridgehead atoms. The molecule has 0 saturated carbocycles. The third-order valence-corrected chi connectivity index (χ3v) is 5.53. The van der Waals surface area contributed by atoms with E-state index >= 15 is 0 Å². The maximum atomic E-state index is 12.3. The zero-order chi connectivity index (χ0) is 20.5. The standard InChI is InChI=1S/C22H24N4O3/c1-26-19-8-6-15(22(29)24-10-9-20(27)28)12-18(19)25-21(26)14-5-7-16-13(11-14)3-2-4-17(16)23/h5-8,11-12,17H,2-4,9-10,23H2,1H3,(H,24,29)(H,27,28). The molecule has 0 fully saturated rings. The number of imidazole rings is 1. The fraction of sp³-hybridized carbons (Fsp3) is 0.318. The molecule has 3 aromatic rings. The lowest BCUT2D eigenvalue weighted by Crippen LogP contribution is -2.25. The van der Waals surface area contributed by atoms with E-state index in [0.29, 0.717) is 5.56 Å². The molecule has 1 unspecified atom stereocenters. The van der Waals surface area contributed by atoms with Crippen LogP contribution in [0.15, 0.2) is 36.4 Å². The van der Waals surface area contributed by atoms with Gasteiger partial charge in [-0.25, -0.2) is 4.98 Å². The van der Waals surface area contributed by atoms with E-state index in [1.807, 2.05) is 17.7 Å². The fourth-order valence-electron chi connectivity index (χ4n) is 3.98. The van der Waals surface area contributed by atoms with Crippen molar-refractivity contribution in [3.8, 4) is 11.4 Å². The zero-order valence-electron chi connectivity index (χ0n) is 16.3. The maximum absolute atomic E-state index is 12.3. The molecule has 4 N–H and O–H groups in total. The number of hydrogen-bond donors (Lipinski definition) is 3. The number of fused-ring (bicyclic) bond motifs is 2. The Hall–Kier alpha value is -3.19. The van der Waals surface area contributed by atoms with Crippen LogP contribution in [-0.4, -0.2) is 33.1 Å². The van der Waals surface area contributed by atoms with Gasteiger partial charge in [0.05, 0.1) is 17.5 Å². The lowest BCUT2D eigenvalue weighted by molar-refractivity contribution is -0.136. The van der Waals surface area contributed by atoms with Crippen LogP contribution in [0.1, 0.15) is 46.8 Å². The minimum absolute atomic E-state index is 0.0942. The number of carbonyl (C=O) groups is 2. The smallest absolute Gasteiger partial charge is 0.305 e. The highest BCUT2D eigenvalue weighted by atomic mass is 16.4. The molecule has 0 saturated heterocycles. The van der Waals surface area contributed by atoms with Gasteiger partial charge in [0.25, 0.3) is 5.91 Å². The van der Waals surface area contributed by atoms with E-state index in [9.17, 15) is 9.59 Å². The summed E-state index contributed by atoms with van der Waals surface area (Å²) in [7, 11) is 1.96. The molecular weight excluding hydrogens is 368 g/mol. The van der Waals surface area contributed by atoms with Crippen molar-refractivity contribution >= 4 is 22.9 Å². The van der Waals surface area contributed by atoms with Crippen LogP contribution in [0.25, 0.3) is 22.4 Å². The highest BCUT2D eigenvalue weighted by Crippen LogP contribution is 2.32. The molecule has 1 aromatic heterocycles. The summed E-state index contributed by atoms with van der Waals surface area (Å²) in [5.41, 5.74) is 11.9. The molecule has 1 amide bonds. The number of hydrogen-bond acceptors (Lipinski definition) is 4. The molecule has 0 radical (unpaired) electrons. The van der Waals surface area contributed by atoms with Gasteiger partial charge in [-0.15, -0.1) is 0 Å². The number of nitrogens with two attached hydrogens (primary N) is 1. The molecule has 150 valence electrons. The Morgan fingerprint density at radius 2 is 2.10 bits per heavy atom. The molecule has 1 atom stereocenters. The van der Waals surface area contributed by atoms with Crippen molar-refractivity contribution in [3.05, 3.63) is 53.1 Å². The molecule has 1 aliphatic carbocycles. The van der Waals surface area contributed by atoms with Crippen molar-refractivity contribution < 1.29 is 14.7 Å². The minimum Gasteiger partial charge on any atom is -0.481 e. The van der Waals surface area contributed by atoms with Gasteiger partial charge in [0.1, 0.15) is 5.82 Å². The fourth-order valence-corrected chi connectivity index (χ4v) is 3.98. The van der Waals surface area contributed by atoms with E-state index in [4.69, 9.17) is 15.8 Å². The van der Waals surface area contributed by atoms with Crippen LogP contribution in [0.2, 0.25) is 0 Å². The van der Waals surface area contributed by atoms with Crippen LogP contribution in [0.4, 0.5) is 0 Å². The third kappa shape index (κ3) is 3.73. The van der Waals surface area contributed by atoms with Crippen molar-refractivity contribution in [1.82, 2.24) is 14.9 Å². The first kappa shape index (κ1) is 19.1. The van der Waals surface area contributed by atoms with Gasteiger partial charge in [-0.2, -0.15) is 0 Å². The number of nitrogens with one attached hydrogen (secondary N) is 1. The van der Waals surface area contributed by atoms with E-state index in [0.717, 1.165) is 41.7 Å². The second-order valence-corrected chi connectivity index (χ2v) is 7.51. The molecule has 7 nitrogen and oxygen atoms in total. The number of carbonyl (C=O) groups excluding carboxylic acids is 1. The molecule has 29 heavy (non-hydrogen) atoms. The van der Waals surface area contributed by atoms with Gasteiger partial charge in [-0.3, -0.25) is 9.59 Å². The van der Waals surface area contributed by atoms with Gasteiger partial charge in [0.2, 0.25) is 0 Å². The Morgan fingerprint density at radius 3 is 2.90 bits per heavy atom. The summed E-state index contributed by atoms with van der Waals surface area (Å²) in [6, 6.07) is 11.8. The summed E-state index contributed by atoms with van der Waals surface area (Å²) < 4.78 is 2.02. The number of carboxylic acids is 1. The van der Waals surface area contributed by atoms with Gasteiger partial charge < -0.3 is 20.7 Å². The van der Waals surface area contributed by atoms with E-state index in [-0.39, 0.29) is 24.9 Å². The topological polar surface area (TPSA) is 110 Å². The number of benzene rings is 2. The number of carboxylic acid groups (broad SMARTS) is 1. The highest BCUT2D eigenvalue weighted by Gasteiger charge is 2.19. The van der Waals surface area contributed by atoms with Crippen molar-refractivity contribution in [1.29, 1.82) is 0 Å². The second kappa shape index (κ2) is 7.67. The summed E-state index contributed by atoms with van der Waals surface area (Å²) in [5.74, 6) is -0.408. The predicted octanol–water partition coefficient (Wildman–Crippen LogP) is 2.78. The van der Waals surface area contributed by atoms with Crippen LogP contribution in [0.5, 0.6) is 0 Å². The van der Waals surface area contributed by atoms with Crippen LogP contribution in [0, 0.1) is 0 Å². The Balaban J connectivity index is 1.64. The number of aromatic nitrogens is 2. The summed E-state index contributed by atoms with van der Waals surface area (Å²) in [4.78, 5) is 27.6. The van der Waals surface area contributed by atoms with Crippen molar-refractivity contribution in [3.63, 3.8) is 0 Å². The maximum Gasteiger partial charge on any atom is 0.305 e. The monoisotopic (exact) mass is 392 g/mol. The number of amides is 1. The van der Waals surface area contributed by atoms with Crippen LogP contribution in [-0.2, 0) is 18.3 Å². The largest absolute Gasteiger partial charge is 0.481 e. The van der Waals surface area contributed by atoms with Crippen molar-refractivity contribution in [2.24, 2.45) is 12.8 Å². The Kier molecular flexibility index (Phi) is 5.07. The SMILES string of the molecule is Cn1c(-c2ccc3c(c2)CCCC3N)nc2cc(C(=O)NCCC(=O)O)ccc21. The van der Waals surface area contributed by atoms with Crippen LogP contribution < -0.4 is 11.1 Å². The molecule has 4 rings (SSSR count). The number of nitrogens with zero attached hydrogens (tertiary/aromatic N) is 2. The van der Waals surface area contributed by atoms with Crippen LogP contribution >= 0.6 is 0 Å². The molecule has 2 aromatic carbocycles. The predicted molar refractivity (Wildman–Crippen MR) is 111 cm³/mol. The lowest BCUT2D eigenvalue weighted by atomic mass is 9.87. The molecule has 1 aliphatic rings. The highest BCUT2D eigenvalue weighted by molar-refractivity contribution is 5.98. The first-order chi connectivity index (χ1) is 13.9.